The Labute approximate surface area is 197 Å². The molecule has 0 aliphatic carbocycles. The Morgan fingerprint density at radius 2 is 1.56 bits per heavy atom. The molecule has 0 radical (unpaired) electrons. The van der Waals surface area contributed by atoms with E-state index in [0.717, 1.165) is 44.1 Å². The van der Waals surface area contributed by atoms with E-state index >= 15 is 0 Å². The molecule has 0 bridgehead atoms. The Balaban J connectivity index is 0.000000406. The van der Waals surface area contributed by atoms with E-state index in [2.05, 4.69) is 59.3 Å². The van der Waals surface area contributed by atoms with Crippen LogP contribution in [0.25, 0.3) is 0 Å². The number of carbonyl (C=O) groups is 1. The number of rotatable bonds is 4. The van der Waals surface area contributed by atoms with E-state index in [4.69, 9.17) is 19.4 Å². The van der Waals surface area contributed by atoms with Crippen molar-refractivity contribution >= 4 is 5.97 Å². The molecule has 186 valence electrons. The van der Waals surface area contributed by atoms with Crippen molar-refractivity contribution in [1.82, 2.24) is 9.80 Å². The number of piperidine rings is 1. The number of hydrogen-bond acceptors (Lipinski definition) is 5. The summed E-state index contributed by atoms with van der Waals surface area (Å²) in [6.07, 6.45) is -1.62. The van der Waals surface area contributed by atoms with Crippen molar-refractivity contribution in [1.29, 1.82) is 0 Å². The van der Waals surface area contributed by atoms with Gasteiger partial charge in [-0.2, -0.15) is 13.2 Å². The molecular formula is C25H31F3N2O4. The molecule has 0 amide bonds. The highest BCUT2D eigenvalue weighted by atomic mass is 19.4. The molecule has 4 rings (SSSR count). The first-order valence-electron chi connectivity index (χ1n) is 11.1. The van der Waals surface area contributed by atoms with Crippen molar-refractivity contribution < 1.29 is 32.5 Å². The largest absolute Gasteiger partial charge is 0.497 e. The number of benzene rings is 2. The van der Waals surface area contributed by atoms with Gasteiger partial charge in [0.2, 0.25) is 0 Å². The number of likely N-dealkylation sites (tertiary alicyclic amines) is 1. The molecule has 1 saturated heterocycles. The van der Waals surface area contributed by atoms with Crippen LogP contribution in [-0.4, -0.2) is 68.0 Å². The Hall–Kier alpha value is -2.78. The van der Waals surface area contributed by atoms with Crippen LogP contribution in [0.2, 0.25) is 0 Å². The zero-order valence-electron chi connectivity index (χ0n) is 19.7. The second-order valence-corrected chi connectivity index (χ2v) is 8.65. The lowest BCUT2D eigenvalue weighted by atomic mass is 9.74. The average Bonchev–Trinajstić information content (AvgIpc) is 2.83. The van der Waals surface area contributed by atoms with Gasteiger partial charge in [0.25, 0.3) is 0 Å². The number of fused-ring (bicyclic) bond motifs is 2. The van der Waals surface area contributed by atoms with E-state index in [1.54, 1.807) is 14.2 Å². The molecule has 2 aliphatic heterocycles. The number of methoxy groups -OCH3 is 2. The molecular weight excluding hydrogens is 449 g/mol. The summed E-state index contributed by atoms with van der Waals surface area (Å²) in [6, 6.07) is 15.1. The third-order valence-corrected chi connectivity index (χ3v) is 6.76. The summed E-state index contributed by atoms with van der Waals surface area (Å²) in [6.45, 7) is 4.38. The molecule has 2 aromatic carbocycles. The number of hydrogen-bond donors (Lipinski definition) is 1. The maximum Gasteiger partial charge on any atom is 0.490 e. The first-order chi connectivity index (χ1) is 16.1. The van der Waals surface area contributed by atoms with E-state index < -0.39 is 12.1 Å². The fraction of sp³-hybridized carbons (Fsp3) is 0.480. The summed E-state index contributed by atoms with van der Waals surface area (Å²) in [5, 5.41) is 7.12. The predicted octanol–water partition coefficient (Wildman–Crippen LogP) is 4.32. The van der Waals surface area contributed by atoms with Gasteiger partial charge in [-0.3, -0.25) is 9.80 Å². The van der Waals surface area contributed by atoms with E-state index in [9.17, 15) is 13.2 Å². The van der Waals surface area contributed by atoms with Crippen LogP contribution < -0.4 is 9.47 Å². The third-order valence-electron chi connectivity index (χ3n) is 6.76. The second kappa shape index (κ2) is 10.7. The Kier molecular flexibility index (Phi) is 8.09. The van der Waals surface area contributed by atoms with Crippen molar-refractivity contribution in [3.05, 3.63) is 59.2 Å². The van der Waals surface area contributed by atoms with Crippen LogP contribution in [0.3, 0.4) is 0 Å². The summed E-state index contributed by atoms with van der Waals surface area (Å²) < 4.78 is 42.5. The Morgan fingerprint density at radius 3 is 2.09 bits per heavy atom. The second-order valence-electron chi connectivity index (χ2n) is 8.65. The fourth-order valence-electron chi connectivity index (χ4n) is 4.76. The molecule has 0 unspecified atom stereocenters. The van der Waals surface area contributed by atoms with Gasteiger partial charge in [0.15, 0.2) is 0 Å². The maximum absolute atomic E-state index is 10.6. The summed E-state index contributed by atoms with van der Waals surface area (Å²) in [4.78, 5) is 14.1. The van der Waals surface area contributed by atoms with Crippen LogP contribution >= 0.6 is 0 Å². The van der Waals surface area contributed by atoms with E-state index in [1.807, 2.05) is 0 Å². The van der Waals surface area contributed by atoms with Crippen LogP contribution in [0.1, 0.15) is 29.5 Å². The van der Waals surface area contributed by atoms with Crippen LogP contribution in [0.15, 0.2) is 42.5 Å². The quantitative estimate of drug-likeness (QED) is 0.704. The summed E-state index contributed by atoms with van der Waals surface area (Å²) >= 11 is 0. The minimum absolute atomic E-state index is 0.151. The van der Waals surface area contributed by atoms with E-state index in [-0.39, 0.29) is 5.54 Å². The number of ether oxygens (including phenoxy) is 2. The predicted molar refractivity (Wildman–Crippen MR) is 122 cm³/mol. The van der Waals surface area contributed by atoms with E-state index in [0.29, 0.717) is 0 Å². The first kappa shape index (κ1) is 25.8. The lowest BCUT2D eigenvalue weighted by Crippen LogP contribution is -2.54. The van der Waals surface area contributed by atoms with Gasteiger partial charge in [0.05, 0.1) is 14.2 Å². The summed E-state index contributed by atoms with van der Waals surface area (Å²) in [7, 11) is 5.77. The van der Waals surface area contributed by atoms with Gasteiger partial charge in [-0.05, 0) is 67.3 Å². The fourth-order valence-corrected chi connectivity index (χ4v) is 4.76. The molecule has 34 heavy (non-hydrogen) atoms. The smallest absolute Gasteiger partial charge is 0.490 e. The molecule has 2 heterocycles. The van der Waals surface area contributed by atoms with Crippen molar-refractivity contribution in [3.8, 4) is 11.5 Å². The molecule has 1 N–H and O–H groups in total. The van der Waals surface area contributed by atoms with Gasteiger partial charge < -0.3 is 14.6 Å². The van der Waals surface area contributed by atoms with Gasteiger partial charge in [-0.15, -0.1) is 0 Å². The van der Waals surface area contributed by atoms with Gasteiger partial charge in [-0.1, -0.05) is 18.2 Å². The van der Waals surface area contributed by atoms with Crippen molar-refractivity contribution in [2.75, 3.05) is 40.9 Å². The average molecular weight is 481 g/mol. The van der Waals surface area contributed by atoms with Crippen molar-refractivity contribution in [3.63, 3.8) is 0 Å². The van der Waals surface area contributed by atoms with Gasteiger partial charge in [0, 0.05) is 31.7 Å². The minimum atomic E-state index is -5.08. The van der Waals surface area contributed by atoms with E-state index in [1.165, 1.54) is 29.5 Å². The number of alkyl halides is 3. The molecule has 0 saturated carbocycles. The molecule has 2 aliphatic rings. The molecule has 9 heteroatoms. The van der Waals surface area contributed by atoms with Crippen molar-refractivity contribution in [2.45, 2.75) is 37.5 Å². The number of halogens is 3. The summed E-state index contributed by atoms with van der Waals surface area (Å²) in [5.74, 6) is -0.859. The Morgan fingerprint density at radius 1 is 1.00 bits per heavy atom. The van der Waals surface area contributed by atoms with Crippen LogP contribution in [-0.2, 0) is 23.3 Å². The molecule has 0 atom stereocenters. The SMILES string of the molecule is COc1ccc(CN2CCC3(CC2)c2cc(OC)ccc2CCN3C)cc1.O=C(O)C(F)(F)F. The van der Waals surface area contributed by atoms with Crippen LogP contribution in [0, 0.1) is 0 Å². The minimum Gasteiger partial charge on any atom is -0.497 e. The van der Waals surface area contributed by atoms with Gasteiger partial charge >= 0.3 is 12.1 Å². The normalized spacial score (nSPS) is 17.9. The Bertz CT molecular complexity index is 971. The van der Waals surface area contributed by atoms with Crippen LogP contribution in [0.5, 0.6) is 11.5 Å². The topological polar surface area (TPSA) is 62.2 Å². The maximum atomic E-state index is 10.6. The molecule has 1 spiro atoms. The lowest BCUT2D eigenvalue weighted by Gasteiger charge is -2.51. The zero-order chi connectivity index (χ0) is 24.9. The molecule has 6 nitrogen and oxygen atoms in total. The van der Waals surface area contributed by atoms with Gasteiger partial charge in [0.1, 0.15) is 11.5 Å². The third kappa shape index (κ3) is 5.82. The zero-order valence-corrected chi connectivity index (χ0v) is 19.7. The van der Waals surface area contributed by atoms with Crippen LogP contribution in [0.4, 0.5) is 13.2 Å². The first-order valence-corrected chi connectivity index (χ1v) is 11.1. The highest BCUT2D eigenvalue weighted by Gasteiger charge is 2.43. The number of likely N-dealkylation sites (N-methyl/N-ethyl adjacent to an activating group) is 1. The lowest BCUT2D eigenvalue weighted by molar-refractivity contribution is -0.192. The number of carboxylic acid groups (broad SMARTS) is 1. The number of carboxylic acids is 1. The molecule has 2 aromatic rings. The highest BCUT2D eigenvalue weighted by Crippen LogP contribution is 2.44. The monoisotopic (exact) mass is 480 g/mol. The summed E-state index contributed by atoms with van der Waals surface area (Å²) in [5.41, 5.74) is 4.49. The number of nitrogens with zero attached hydrogens (tertiary/aromatic N) is 2. The van der Waals surface area contributed by atoms with Gasteiger partial charge in [-0.25, -0.2) is 4.79 Å². The number of aliphatic carboxylic acids is 1. The molecule has 1 fully saturated rings. The highest BCUT2D eigenvalue weighted by molar-refractivity contribution is 5.73. The molecule has 0 aromatic heterocycles. The van der Waals surface area contributed by atoms with Crippen molar-refractivity contribution in [2.24, 2.45) is 0 Å². The standard InChI is InChI=1S/C23H30N2O2.C2HF3O2/c1-24-13-10-19-6-9-21(27-3)16-22(19)23(24)11-14-25(15-12-23)17-18-4-7-20(26-2)8-5-18;3-2(4,5)1(6)7/h4-9,16H,10-15,17H2,1-3H3;(H,6,7).